The Labute approximate surface area is 287 Å². The summed E-state index contributed by atoms with van der Waals surface area (Å²) in [5.74, 6) is 0.0571. The second-order valence-corrected chi connectivity index (χ2v) is 13.3. The fourth-order valence-corrected chi connectivity index (χ4v) is 7.41. The van der Waals surface area contributed by atoms with Crippen molar-refractivity contribution in [3.63, 3.8) is 0 Å². The highest BCUT2D eigenvalue weighted by molar-refractivity contribution is 5.93. The molecule has 3 N–H and O–H groups in total. The van der Waals surface area contributed by atoms with Crippen molar-refractivity contribution in [2.75, 3.05) is 31.2 Å². The van der Waals surface area contributed by atoms with E-state index in [0.29, 0.717) is 19.6 Å². The minimum Gasteiger partial charge on any atom is -0.392 e. The van der Waals surface area contributed by atoms with Crippen molar-refractivity contribution in [1.29, 1.82) is 0 Å². The molecule has 4 aromatic carbocycles. The summed E-state index contributed by atoms with van der Waals surface area (Å²) < 4.78 is 13.4. The number of rotatable bonds is 9. The third-order valence-electron chi connectivity index (χ3n) is 10.1. The number of carbonyl (C=O) groups excluding carboxylic acids is 2. The van der Waals surface area contributed by atoms with Crippen LogP contribution in [0.5, 0.6) is 0 Å². The number of likely N-dealkylation sites (tertiary alicyclic amines) is 1. The molecule has 2 amide bonds. The van der Waals surface area contributed by atoms with Gasteiger partial charge in [0.1, 0.15) is 5.54 Å². The maximum Gasteiger partial charge on any atom is 0.247 e. The Balaban J connectivity index is 1.09. The second kappa shape index (κ2) is 14.5. The van der Waals surface area contributed by atoms with Gasteiger partial charge < -0.3 is 35.0 Å². The summed E-state index contributed by atoms with van der Waals surface area (Å²) in [6.07, 6.45) is 1.33. The molecule has 3 atom stereocenters. The highest BCUT2D eigenvalue weighted by Crippen LogP contribution is 2.41. The summed E-state index contributed by atoms with van der Waals surface area (Å²) in [6.45, 7) is 4.85. The third-order valence-corrected chi connectivity index (χ3v) is 10.1. The van der Waals surface area contributed by atoms with Gasteiger partial charge in [-0.2, -0.15) is 0 Å². The molecule has 4 aromatic rings. The van der Waals surface area contributed by atoms with Gasteiger partial charge in [0.15, 0.2) is 6.29 Å². The number of aliphatic hydroxyl groups is 1. The second-order valence-electron chi connectivity index (χ2n) is 13.3. The monoisotopic (exact) mass is 660 g/mol. The van der Waals surface area contributed by atoms with Gasteiger partial charge in [0.2, 0.25) is 11.8 Å². The molecule has 0 radical (unpaired) electrons. The average molecular weight is 661 g/mol. The molecule has 9 nitrogen and oxygen atoms in total. The van der Waals surface area contributed by atoms with Crippen LogP contribution in [0.4, 0.5) is 5.69 Å². The Bertz CT molecular complexity index is 1760. The van der Waals surface area contributed by atoms with Crippen LogP contribution in [0.15, 0.2) is 103 Å². The minimum absolute atomic E-state index is 0.00481. The number of nitrogens with zero attached hydrogens (tertiary/aromatic N) is 2. The minimum atomic E-state index is -0.575. The van der Waals surface area contributed by atoms with E-state index in [1.54, 1.807) is 0 Å². The van der Waals surface area contributed by atoms with Crippen LogP contribution in [0.1, 0.15) is 60.8 Å². The molecule has 3 aliphatic heterocycles. The Morgan fingerprint density at radius 3 is 2.35 bits per heavy atom. The number of hydrogen-bond donors (Lipinski definition) is 3. The van der Waals surface area contributed by atoms with Crippen LogP contribution in [0.2, 0.25) is 0 Å². The van der Waals surface area contributed by atoms with Gasteiger partial charge in [0, 0.05) is 50.8 Å². The first-order valence-corrected chi connectivity index (χ1v) is 17.2. The molecule has 254 valence electrons. The molecule has 0 bridgehead atoms. The van der Waals surface area contributed by atoms with Gasteiger partial charge in [-0.15, -0.1) is 0 Å². The largest absolute Gasteiger partial charge is 0.392 e. The van der Waals surface area contributed by atoms with Crippen molar-refractivity contribution < 1.29 is 24.2 Å². The van der Waals surface area contributed by atoms with Crippen molar-refractivity contribution in [1.82, 2.24) is 15.5 Å². The molecule has 3 aliphatic rings. The van der Waals surface area contributed by atoms with Gasteiger partial charge in [0.25, 0.3) is 0 Å². The predicted octanol–water partition coefficient (Wildman–Crippen LogP) is 5.46. The van der Waals surface area contributed by atoms with Crippen molar-refractivity contribution in [3.8, 4) is 11.1 Å². The van der Waals surface area contributed by atoms with Gasteiger partial charge in [-0.1, -0.05) is 78.9 Å². The zero-order chi connectivity index (χ0) is 33.8. The number of nitrogens with one attached hydrogen (secondary N) is 2. The molecule has 0 aromatic heterocycles. The highest BCUT2D eigenvalue weighted by Gasteiger charge is 2.50. The van der Waals surface area contributed by atoms with E-state index in [1.165, 1.54) is 6.92 Å². The zero-order valence-electron chi connectivity index (χ0n) is 27.9. The number of carbonyl (C=O) groups is 2. The molecule has 9 heteroatoms. The number of aliphatic hydroxyl groups excluding tert-OH is 1. The first kappa shape index (κ1) is 33.0. The fourth-order valence-electron chi connectivity index (χ4n) is 7.41. The number of ether oxygens (including phenoxy) is 2. The number of para-hydroxylation sites is 1. The summed E-state index contributed by atoms with van der Waals surface area (Å²) in [6, 6.07) is 34.6. The Morgan fingerprint density at radius 2 is 1.61 bits per heavy atom. The normalized spacial score (nSPS) is 22.2. The Hall–Kier alpha value is -4.54. The maximum absolute atomic E-state index is 13.2. The van der Waals surface area contributed by atoms with Crippen LogP contribution in [-0.2, 0) is 32.2 Å². The van der Waals surface area contributed by atoms with Crippen molar-refractivity contribution in [2.24, 2.45) is 0 Å². The Morgan fingerprint density at radius 1 is 0.878 bits per heavy atom. The molecule has 1 spiro atoms. The number of amides is 2. The molecule has 3 fully saturated rings. The topological polar surface area (TPSA) is 103 Å². The lowest BCUT2D eigenvalue weighted by Crippen LogP contribution is -2.57. The first-order valence-electron chi connectivity index (χ1n) is 17.2. The Kier molecular flexibility index (Phi) is 9.77. The average Bonchev–Trinajstić information content (AvgIpc) is 3.46. The summed E-state index contributed by atoms with van der Waals surface area (Å²) in [7, 11) is 0. The lowest BCUT2D eigenvalue weighted by molar-refractivity contribution is -0.253. The molecule has 49 heavy (non-hydrogen) atoms. The third kappa shape index (κ3) is 7.26. The van der Waals surface area contributed by atoms with Crippen LogP contribution in [0.3, 0.4) is 0 Å². The van der Waals surface area contributed by atoms with Crippen LogP contribution < -0.4 is 15.5 Å². The van der Waals surface area contributed by atoms with E-state index in [-0.39, 0.29) is 30.6 Å². The molecule has 0 saturated carbocycles. The van der Waals surface area contributed by atoms with E-state index < -0.39 is 11.8 Å². The van der Waals surface area contributed by atoms with Crippen molar-refractivity contribution in [3.05, 3.63) is 125 Å². The molecule has 7 rings (SSSR count). The van der Waals surface area contributed by atoms with Gasteiger partial charge >= 0.3 is 0 Å². The van der Waals surface area contributed by atoms with E-state index in [1.807, 2.05) is 66.7 Å². The highest BCUT2D eigenvalue weighted by atomic mass is 16.7. The summed E-state index contributed by atoms with van der Waals surface area (Å²) in [5, 5.41) is 15.6. The summed E-state index contributed by atoms with van der Waals surface area (Å²) in [4.78, 5) is 29.4. The van der Waals surface area contributed by atoms with E-state index in [4.69, 9.17) is 9.47 Å². The SMILES string of the molecule is CC(=O)NCc1cccc(-c2cccc([C@@H]3O[C@H](CN4CCC5(CC4)C(=O)NCN5c4ccccc4)C[C@H](c4ccc(CO)cc4)O3)c2)c1. The lowest BCUT2D eigenvalue weighted by atomic mass is 9.85. The van der Waals surface area contributed by atoms with Crippen molar-refractivity contribution in [2.45, 2.75) is 63.4 Å². The van der Waals surface area contributed by atoms with Crippen LogP contribution >= 0.6 is 0 Å². The quantitative estimate of drug-likeness (QED) is 0.219. The van der Waals surface area contributed by atoms with Crippen molar-refractivity contribution >= 4 is 17.5 Å². The number of piperidine rings is 1. The molecular formula is C40H44N4O5. The predicted molar refractivity (Wildman–Crippen MR) is 188 cm³/mol. The lowest BCUT2D eigenvalue weighted by Gasteiger charge is -2.45. The molecule has 3 heterocycles. The molecule has 3 saturated heterocycles. The summed E-state index contributed by atoms with van der Waals surface area (Å²) >= 11 is 0. The van der Waals surface area contributed by atoms with Crippen LogP contribution in [0, 0.1) is 0 Å². The number of anilines is 1. The smallest absolute Gasteiger partial charge is 0.247 e. The van der Waals surface area contributed by atoms with E-state index in [9.17, 15) is 14.7 Å². The van der Waals surface area contributed by atoms with E-state index >= 15 is 0 Å². The fraction of sp³-hybridized carbons (Fsp3) is 0.350. The van der Waals surface area contributed by atoms with Gasteiger partial charge in [-0.3, -0.25) is 9.59 Å². The molecule has 0 aliphatic carbocycles. The molecular weight excluding hydrogens is 616 g/mol. The van der Waals surface area contributed by atoms with Gasteiger partial charge in [-0.25, -0.2) is 0 Å². The van der Waals surface area contributed by atoms with Crippen LogP contribution in [0.25, 0.3) is 11.1 Å². The number of benzene rings is 4. The van der Waals surface area contributed by atoms with E-state index in [0.717, 1.165) is 71.5 Å². The number of hydrogen-bond acceptors (Lipinski definition) is 7. The van der Waals surface area contributed by atoms with E-state index in [2.05, 4.69) is 56.8 Å². The van der Waals surface area contributed by atoms with Gasteiger partial charge in [-0.05, 0) is 64.9 Å². The summed E-state index contributed by atoms with van der Waals surface area (Å²) in [5.41, 5.74) is 6.51. The van der Waals surface area contributed by atoms with Crippen LogP contribution in [-0.4, -0.2) is 59.8 Å². The standard InChI is InChI=1S/C40H44N4O5/c1-28(46)41-24-30-7-5-8-32(21-30)33-9-6-10-34(22-33)38-48-36(23-37(49-38)31-15-13-29(26-45)14-16-31)25-43-19-17-40(18-20-43)39(47)42-27-44(40)35-11-3-2-4-12-35/h2-16,21-22,36-38,45H,17-20,23-27H2,1H3,(H,41,46)(H,42,47)/t36-,37+,38+/m0/s1. The zero-order valence-corrected chi connectivity index (χ0v) is 27.9. The van der Waals surface area contributed by atoms with Gasteiger partial charge in [0.05, 0.1) is 25.5 Å². The maximum atomic E-state index is 13.2. The first-order chi connectivity index (χ1) is 23.9. The molecule has 0 unspecified atom stereocenters.